The average Bonchev–Trinajstić information content (AvgIpc) is 3.07. The second kappa shape index (κ2) is 7.08. The summed E-state index contributed by atoms with van der Waals surface area (Å²) < 4.78 is 5.53. The molecule has 1 saturated heterocycles. The number of nitrogens with zero attached hydrogens (tertiary/aromatic N) is 1. The second-order valence-corrected chi connectivity index (χ2v) is 6.31. The lowest BCUT2D eigenvalue weighted by atomic mass is 9.82. The highest BCUT2D eigenvalue weighted by atomic mass is 16.5. The molecule has 0 unspecified atom stereocenters. The summed E-state index contributed by atoms with van der Waals surface area (Å²) in [7, 11) is 0. The van der Waals surface area contributed by atoms with Crippen molar-refractivity contribution in [3.8, 4) is 0 Å². The van der Waals surface area contributed by atoms with Crippen LogP contribution in [0.5, 0.6) is 0 Å². The molecule has 1 aliphatic heterocycles. The summed E-state index contributed by atoms with van der Waals surface area (Å²) in [6, 6.07) is 8.03. The first-order valence-electron chi connectivity index (χ1n) is 8.33. The molecule has 0 bridgehead atoms. The minimum atomic E-state index is -0.150. The molecule has 0 spiro atoms. The number of likely N-dealkylation sites (tertiary alicyclic amines) is 1. The van der Waals surface area contributed by atoms with Gasteiger partial charge in [-0.2, -0.15) is 0 Å². The molecule has 1 aromatic rings. The van der Waals surface area contributed by atoms with Crippen molar-refractivity contribution in [3.05, 3.63) is 35.4 Å². The maximum Gasteiger partial charge on any atom is 0.339 e. The van der Waals surface area contributed by atoms with Crippen molar-refractivity contribution in [2.24, 2.45) is 0 Å². The molecule has 1 heterocycles. The molecule has 1 aliphatic carbocycles. The fourth-order valence-electron chi connectivity index (χ4n) is 3.59. The van der Waals surface area contributed by atoms with Gasteiger partial charge in [0.15, 0.2) is 0 Å². The number of esters is 1. The van der Waals surface area contributed by atoms with Crippen LogP contribution in [0.3, 0.4) is 0 Å². The van der Waals surface area contributed by atoms with Gasteiger partial charge < -0.3 is 4.74 Å². The van der Waals surface area contributed by atoms with Crippen molar-refractivity contribution in [3.63, 3.8) is 0 Å². The Labute approximate surface area is 127 Å². The molecule has 2 fully saturated rings. The molecule has 3 heteroatoms. The highest BCUT2D eigenvalue weighted by Gasteiger charge is 2.22. The molecule has 1 aromatic carbocycles. The molecule has 0 amide bonds. The maximum absolute atomic E-state index is 12.4. The first-order valence-corrected chi connectivity index (χ1v) is 8.33. The van der Waals surface area contributed by atoms with Gasteiger partial charge in [0.25, 0.3) is 0 Å². The van der Waals surface area contributed by atoms with Crippen molar-refractivity contribution < 1.29 is 9.53 Å². The Morgan fingerprint density at radius 3 is 2.52 bits per heavy atom. The summed E-state index contributed by atoms with van der Waals surface area (Å²) in [6.45, 7) is 2.55. The molecule has 1 saturated carbocycles. The van der Waals surface area contributed by atoms with Gasteiger partial charge in [-0.3, -0.25) is 4.90 Å². The standard InChI is InChI=1S/C18H25NO2/c20-18(21-14-19-12-6-7-13-19)17-11-5-4-10-16(17)15-8-2-1-3-9-15/h4-5,10-11,15H,1-3,6-9,12-14H2. The van der Waals surface area contributed by atoms with E-state index in [0.29, 0.717) is 12.6 Å². The van der Waals surface area contributed by atoms with Crippen LogP contribution in [0.15, 0.2) is 24.3 Å². The number of rotatable bonds is 4. The zero-order chi connectivity index (χ0) is 14.5. The number of hydrogen-bond acceptors (Lipinski definition) is 3. The Hall–Kier alpha value is -1.35. The Bertz CT molecular complexity index is 474. The topological polar surface area (TPSA) is 29.5 Å². The van der Waals surface area contributed by atoms with E-state index in [1.807, 2.05) is 18.2 Å². The van der Waals surface area contributed by atoms with E-state index in [-0.39, 0.29) is 5.97 Å². The molecule has 114 valence electrons. The van der Waals surface area contributed by atoms with E-state index in [0.717, 1.165) is 18.7 Å². The third-order valence-corrected chi connectivity index (χ3v) is 4.80. The van der Waals surface area contributed by atoms with E-state index in [2.05, 4.69) is 11.0 Å². The van der Waals surface area contributed by atoms with Gasteiger partial charge in [-0.1, -0.05) is 37.5 Å². The van der Waals surface area contributed by atoms with E-state index < -0.39 is 0 Å². The highest BCUT2D eigenvalue weighted by Crippen LogP contribution is 2.34. The molecule has 3 rings (SSSR count). The van der Waals surface area contributed by atoms with Gasteiger partial charge in [0, 0.05) is 13.1 Å². The Morgan fingerprint density at radius 1 is 1.05 bits per heavy atom. The first kappa shape index (κ1) is 14.6. The van der Waals surface area contributed by atoms with Crippen LogP contribution >= 0.6 is 0 Å². The van der Waals surface area contributed by atoms with Crippen LogP contribution in [0.25, 0.3) is 0 Å². The van der Waals surface area contributed by atoms with Crippen molar-refractivity contribution in [1.82, 2.24) is 4.90 Å². The third-order valence-electron chi connectivity index (χ3n) is 4.80. The summed E-state index contributed by atoms with van der Waals surface area (Å²) in [5.74, 6) is 0.386. The number of carbonyl (C=O) groups is 1. The van der Waals surface area contributed by atoms with Gasteiger partial charge in [0.2, 0.25) is 0 Å². The average molecular weight is 287 g/mol. The summed E-state index contributed by atoms with van der Waals surface area (Å²) in [5.41, 5.74) is 1.98. The Kier molecular flexibility index (Phi) is 4.91. The van der Waals surface area contributed by atoms with E-state index in [9.17, 15) is 4.79 Å². The predicted octanol–water partition coefficient (Wildman–Crippen LogP) is 3.94. The van der Waals surface area contributed by atoms with E-state index in [4.69, 9.17) is 4.74 Å². The van der Waals surface area contributed by atoms with Crippen molar-refractivity contribution in [1.29, 1.82) is 0 Å². The highest BCUT2D eigenvalue weighted by molar-refractivity contribution is 5.91. The lowest BCUT2D eigenvalue weighted by Crippen LogP contribution is -2.25. The summed E-state index contributed by atoms with van der Waals surface area (Å²) in [4.78, 5) is 14.6. The quantitative estimate of drug-likeness (QED) is 0.785. The zero-order valence-corrected chi connectivity index (χ0v) is 12.7. The predicted molar refractivity (Wildman–Crippen MR) is 83.4 cm³/mol. The fourth-order valence-corrected chi connectivity index (χ4v) is 3.59. The van der Waals surface area contributed by atoms with Gasteiger partial charge in [-0.15, -0.1) is 0 Å². The molecule has 0 radical (unpaired) electrons. The van der Waals surface area contributed by atoms with Crippen LogP contribution in [0, 0.1) is 0 Å². The molecule has 3 nitrogen and oxygen atoms in total. The van der Waals surface area contributed by atoms with Crippen LogP contribution < -0.4 is 0 Å². The third kappa shape index (κ3) is 3.65. The number of ether oxygens (including phenoxy) is 1. The lowest BCUT2D eigenvalue weighted by Gasteiger charge is -2.24. The number of hydrogen-bond donors (Lipinski definition) is 0. The van der Waals surface area contributed by atoms with E-state index in [1.165, 1.54) is 50.5 Å². The molecular weight excluding hydrogens is 262 g/mol. The number of carbonyl (C=O) groups excluding carboxylic acids is 1. The zero-order valence-electron chi connectivity index (χ0n) is 12.7. The van der Waals surface area contributed by atoms with Gasteiger partial charge in [0.1, 0.15) is 6.73 Å². The lowest BCUT2D eigenvalue weighted by molar-refractivity contribution is 0.0267. The molecule has 0 N–H and O–H groups in total. The second-order valence-electron chi connectivity index (χ2n) is 6.31. The monoisotopic (exact) mass is 287 g/mol. The summed E-state index contributed by atoms with van der Waals surface area (Å²) in [6.07, 6.45) is 8.74. The number of benzene rings is 1. The Morgan fingerprint density at radius 2 is 1.76 bits per heavy atom. The van der Waals surface area contributed by atoms with Crippen LogP contribution in [-0.2, 0) is 4.74 Å². The molecule has 21 heavy (non-hydrogen) atoms. The van der Waals surface area contributed by atoms with Gasteiger partial charge in [0.05, 0.1) is 5.56 Å². The first-order chi connectivity index (χ1) is 10.3. The van der Waals surface area contributed by atoms with Gasteiger partial charge in [-0.05, 0) is 43.2 Å². The fraction of sp³-hybridized carbons (Fsp3) is 0.611. The minimum Gasteiger partial charge on any atom is -0.446 e. The largest absolute Gasteiger partial charge is 0.446 e. The summed E-state index contributed by atoms with van der Waals surface area (Å²) in [5, 5.41) is 0. The van der Waals surface area contributed by atoms with Crippen LogP contribution in [0.2, 0.25) is 0 Å². The SMILES string of the molecule is O=C(OCN1CCCC1)c1ccccc1C1CCCCC1. The summed E-state index contributed by atoms with van der Waals surface area (Å²) >= 11 is 0. The van der Waals surface area contributed by atoms with E-state index in [1.54, 1.807) is 0 Å². The van der Waals surface area contributed by atoms with Crippen molar-refractivity contribution >= 4 is 5.97 Å². The van der Waals surface area contributed by atoms with Gasteiger partial charge >= 0.3 is 5.97 Å². The normalized spacial score (nSPS) is 20.6. The maximum atomic E-state index is 12.4. The van der Waals surface area contributed by atoms with Gasteiger partial charge in [-0.25, -0.2) is 4.79 Å². The van der Waals surface area contributed by atoms with Crippen molar-refractivity contribution in [2.45, 2.75) is 50.9 Å². The minimum absolute atomic E-state index is 0.150. The molecule has 0 aromatic heterocycles. The van der Waals surface area contributed by atoms with E-state index >= 15 is 0 Å². The Balaban J connectivity index is 1.66. The van der Waals surface area contributed by atoms with Crippen LogP contribution in [0.1, 0.15) is 66.8 Å². The van der Waals surface area contributed by atoms with Crippen LogP contribution in [-0.4, -0.2) is 30.7 Å². The molecular formula is C18H25NO2. The van der Waals surface area contributed by atoms with Crippen molar-refractivity contribution in [2.75, 3.05) is 19.8 Å². The van der Waals surface area contributed by atoms with Crippen LogP contribution in [0.4, 0.5) is 0 Å². The smallest absolute Gasteiger partial charge is 0.339 e. The molecule has 2 aliphatic rings. The molecule has 0 atom stereocenters.